The summed E-state index contributed by atoms with van der Waals surface area (Å²) in [5, 5.41) is 12.0. The highest BCUT2D eigenvalue weighted by Gasteiger charge is 2.41. The zero-order valence-electron chi connectivity index (χ0n) is 12.5. The minimum absolute atomic E-state index is 0.230. The third-order valence-corrected chi connectivity index (χ3v) is 3.93. The van der Waals surface area contributed by atoms with Crippen LogP contribution in [0.25, 0.3) is 0 Å². The summed E-state index contributed by atoms with van der Waals surface area (Å²) in [6, 6.07) is 3.58. The molecular weight excluding hydrogens is 270 g/mol. The van der Waals surface area contributed by atoms with E-state index in [1.807, 2.05) is 32.0 Å². The van der Waals surface area contributed by atoms with Crippen LogP contribution in [0.5, 0.6) is 0 Å². The number of nitrogens with one attached hydrogen (secondary N) is 1. The highest BCUT2D eigenvalue weighted by atomic mass is 16.4. The third-order valence-electron chi connectivity index (χ3n) is 3.93. The lowest BCUT2D eigenvalue weighted by Gasteiger charge is -2.16. The molecule has 21 heavy (non-hydrogen) atoms. The molecule has 114 valence electrons. The van der Waals surface area contributed by atoms with Crippen molar-refractivity contribution in [2.24, 2.45) is 17.8 Å². The van der Waals surface area contributed by atoms with E-state index in [9.17, 15) is 14.7 Å². The van der Waals surface area contributed by atoms with Gasteiger partial charge in [-0.05, 0) is 30.9 Å². The number of carbonyl (C=O) groups excluding carboxylic acids is 1. The number of aromatic nitrogens is 1. The van der Waals surface area contributed by atoms with Crippen molar-refractivity contribution in [2.45, 2.75) is 19.8 Å². The first-order chi connectivity index (χ1) is 9.88. The number of hydrogen-bond donors (Lipinski definition) is 2. The standard InChI is InChI=1S/C15H21N3O3/c1-9-6-11(12(7-9)15(20)21)14(19)17-10-4-5-13(16-8-10)18(2)3/h4-5,8-9,11-12H,6-7H2,1-3H3,(H,17,19)(H,20,21)/t9?,11-,12+/m0/s1. The summed E-state index contributed by atoms with van der Waals surface area (Å²) in [7, 11) is 3.77. The van der Waals surface area contributed by atoms with Gasteiger partial charge >= 0.3 is 5.97 Å². The largest absolute Gasteiger partial charge is 0.481 e. The lowest BCUT2D eigenvalue weighted by Crippen LogP contribution is -2.30. The van der Waals surface area contributed by atoms with Gasteiger partial charge in [-0.15, -0.1) is 0 Å². The molecule has 1 aliphatic rings. The van der Waals surface area contributed by atoms with Crippen LogP contribution in [0.4, 0.5) is 11.5 Å². The van der Waals surface area contributed by atoms with Gasteiger partial charge in [-0.3, -0.25) is 9.59 Å². The summed E-state index contributed by atoms with van der Waals surface area (Å²) in [6.07, 6.45) is 2.76. The predicted molar refractivity (Wildman–Crippen MR) is 80.2 cm³/mol. The number of carbonyl (C=O) groups is 2. The quantitative estimate of drug-likeness (QED) is 0.884. The van der Waals surface area contributed by atoms with E-state index >= 15 is 0 Å². The molecule has 1 fully saturated rings. The average molecular weight is 291 g/mol. The van der Waals surface area contributed by atoms with Crippen molar-refractivity contribution in [2.75, 3.05) is 24.3 Å². The molecule has 6 heteroatoms. The molecule has 1 amide bonds. The molecular formula is C15H21N3O3. The second kappa shape index (κ2) is 6.11. The summed E-state index contributed by atoms with van der Waals surface area (Å²) >= 11 is 0. The van der Waals surface area contributed by atoms with Gasteiger partial charge in [0.25, 0.3) is 0 Å². The Kier molecular flexibility index (Phi) is 4.45. The molecule has 1 unspecified atom stereocenters. The van der Waals surface area contributed by atoms with E-state index in [0.717, 1.165) is 5.82 Å². The summed E-state index contributed by atoms with van der Waals surface area (Å²) < 4.78 is 0. The molecule has 0 aliphatic heterocycles. The van der Waals surface area contributed by atoms with Crippen LogP contribution in [0.2, 0.25) is 0 Å². The fourth-order valence-electron chi connectivity index (χ4n) is 2.81. The summed E-state index contributed by atoms with van der Waals surface area (Å²) in [5.41, 5.74) is 0.592. The molecule has 0 saturated heterocycles. The first-order valence-electron chi connectivity index (χ1n) is 7.05. The maximum atomic E-state index is 12.3. The van der Waals surface area contributed by atoms with Gasteiger partial charge < -0.3 is 15.3 Å². The Morgan fingerprint density at radius 3 is 2.48 bits per heavy atom. The molecule has 2 rings (SSSR count). The van der Waals surface area contributed by atoms with E-state index in [-0.39, 0.29) is 11.8 Å². The number of carboxylic acid groups (broad SMARTS) is 1. The first kappa shape index (κ1) is 15.3. The number of rotatable bonds is 4. The van der Waals surface area contributed by atoms with Gasteiger partial charge in [-0.1, -0.05) is 6.92 Å². The van der Waals surface area contributed by atoms with Gasteiger partial charge in [0.2, 0.25) is 5.91 Å². The minimum Gasteiger partial charge on any atom is -0.481 e. The molecule has 2 N–H and O–H groups in total. The van der Waals surface area contributed by atoms with E-state index in [0.29, 0.717) is 18.5 Å². The van der Waals surface area contributed by atoms with Crippen molar-refractivity contribution in [3.05, 3.63) is 18.3 Å². The third kappa shape index (κ3) is 3.51. The van der Waals surface area contributed by atoms with Crippen molar-refractivity contribution >= 4 is 23.4 Å². The maximum Gasteiger partial charge on any atom is 0.307 e. The van der Waals surface area contributed by atoms with Gasteiger partial charge in [0, 0.05) is 14.1 Å². The predicted octanol–water partition coefficient (Wildman–Crippen LogP) is 1.83. The Labute approximate surface area is 124 Å². The molecule has 1 aromatic rings. The molecule has 0 spiro atoms. The Hall–Kier alpha value is -2.11. The van der Waals surface area contributed by atoms with Crippen LogP contribution >= 0.6 is 0 Å². The van der Waals surface area contributed by atoms with Crippen molar-refractivity contribution in [3.63, 3.8) is 0 Å². The fourth-order valence-corrected chi connectivity index (χ4v) is 2.81. The number of nitrogens with zero attached hydrogens (tertiary/aromatic N) is 2. The van der Waals surface area contributed by atoms with Crippen molar-refractivity contribution in [1.29, 1.82) is 0 Å². The molecule has 0 radical (unpaired) electrons. The molecule has 1 aliphatic carbocycles. The Bertz CT molecular complexity index is 527. The van der Waals surface area contributed by atoms with Gasteiger partial charge in [-0.25, -0.2) is 4.98 Å². The second-order valence-electron chi connectivity index (χ2n) is 5.92. The van der Waals surface area contributed by atoms with Gasteiger partial charge in [0.15, 0.2) is 0 Å². The van der Waals surface area contributed by atoms with Crippen molar-refractivity contribution < 1.29 is 14.7 Å². The summed E-state index contributed by atoms with van der Waals surface area (Å²) in [6.45, 7) is 1.98. The Morgan fingerprint density at radius 1 is 1.29 bits per heavy atom. The van der Waals surface area contributed by atoms with E-state index in [2.05, 4.69) is 10.3 Å². The van der Waals surface area contributed by atoms with E-state index in [1.54, 1.807) is 12.3 Å². The maximum absolute atomic E-state index is 12.3. The van der Waals surface area contributed by atoms with E-state index in [4.69, 9.17) is 0 Å². The second-order valence-corrected chi connectivity index (χ2v) is 5.92. The molecule has 0 aromatic carbocycles. The number of anilines is 2. The number of carboxylic acids is 1. The van der Waals surface area contributed by atoms with Crippen LogP contribution in [-0.2, 0) is 9.59 Å². The van der Waals surface area contributed by atoms with Crippen molar-refractivity contribution in [1.82, 2.24) is 4.98 Å². The fraction of sp³-hybridized carbons (Fsp3) is 0.533. The van der Waals surface area contributed by atoms with Gasteiger partial charge in [0.1, 0.15) is 5.82 Å². The van der Waals surface area contributed by atoms with Crippen molar-refractivity contribution in [3.8, 4) is 0 Å². The minimum atomic E-state index is -0.888. The van der Waals surface area contributed by atoms with Gasteiger partial charge in [0.05, 0.1) is 23.7 Å². The normalized spacial score (nSPS) is 24.6. The molecule has 1 saturated carbocycles. The average Bonchev–Trinajstić information content (AvgIpc) is 2.82. The zero-order valence-corrected chi connectivity index (χ0v) is 12.5. The summed E-state index contributed by atoms with van der Waals surface area (Å²) in [5.74, 6) is -1.12. The molecule has 3 atom stereocenters. The Morgan fingerprint density at radius 2 is 1.95 bits per heavy atom. The van der Waals surface area contributed by atoms with Crippen LogP contribution < -0.4 is 10.2 Å². The van der Waals surface area contributed by atoms with Crippen LogP contribution in [0.15, 0.2) is 18.3 Å². The Balaban J connectivity index is 2.05. The monoisotopic (exact) mass is 291 g/mol. The summed E-state index contributed by atoms with van der Waals surface area (Å²) in [4.78, 5) is 29.6. The first-order valence-corrected chi connectivity index (χ1v) is 7.05. The van der Waals surface area contributed by atoms with Crippen LogP contribution in [0.3, 0.4) is 0 Å². The van der Waals surface area contributed by atoms with Crippen LogP contribution in [-0.4, -0.2) is 36.1 Å². The molecule has 1 heterocycles. The van der Waals surface area contributed by atoms with Crippen LogP contribution in [0.1, 0.15) is 19.8 Å². The van der Waals surface area contributed by atoms with E-state index in [1.165, 1.54) is 0 Å². The zero-order chi connectivity index (χ0) is 15.6. The molecule has 1 aromatic heterocycles. The topological polar surface area (TPSA) is 82.5 Å². The molecule has 0 bridgehead atoms. The number of amides is 1. The van der Waals surface area contributed by atoms with Gasteiger partial charge in [-0.2, -0.15) is 0 Å². The highest BCUT2D eigenvalue weighted by molar-refractivity contribution is 5.95. The number of aliphatic carboxylic acids is 1. The number of hydrogen-bond acceptors (Lipinski definition) is 4. The van der Waals surface area contributed by atoms with Crippen LogP contribution in [0, 0.1) is 17.8 Å². The SMILES string of the molecule is CC1C[C@H](C(=O)Nc2ccc(N(C)C)nc2)[C@H](C(=O)O)C1. The molecule has 6 nitrogen and oxygen atoms in total. The van der Waals surface area contributed by atoms with E-state index < -0.39 is 17.8 Å². The number of pyridine rings is 1. The lowest BCUT2D eigenvalue weighted by molar-refractivity contribution is -0.145. The highest BCUT2D eigenvalue weighted by Crippen LogP contribution is 2.37. The lowest BCUT2D eigenvalue weighted by atomic mass is 9.95. The smallest absolute Gasteiger partial charge is 0.307 e.